The fraction of sp³-hybridized carbons (Fsp3) is 0.226. The Hall–Kier alpha value is -2.73. The summed E-state index contributed by atoms with van der Waals surface area (Å²) in [5.41, 5.74) is 1.26. The Balaban J connectivity index is 1.39. The molecule has 0 aromatic heterocycles. The van der Waals surface area contributed by atoms with Crippen LogP contribution in [0.5, 0.6) is 0 Å². The first-order valence-electron chi connectivity index (χ1n) is 12.7. The summed E-state index contributed by atoms with van der Waals surface area (Å²) in [5.74, 6) is 0. The molecule has 0 aliphatic carbocycles. The molecule has 0 aliphatic rings. The van der Waals surface area contributed by atoms with E-state index in [1.807, 2.05) is 0 Å². The summed E-state index contributed by atoms with van der Waals surface area (Å²) < 4.78 is 5.93. The van der Waals surface area contributed by atoms with Gasteiger partial charge in [0.2, 0.25) is 0 Å². The molecule has 0 fully saturated rings. The van der Waals surface area contributed by atoms with Gasteiger partial charge in [-0.05, 0) is 17.1 Å². The predicted molar refractivity (Wildman–Crippen MR) is 152 cm³/mol. The van der Waals surface area contributed by atoms with Crippen LogP contribution in [0.4, 0.5) is 0 Å². The molecule has 1 unspecified atom stereocenters. The van der Waals surface area contributed by atoms with E-state index >= 15 is 0 Å². The molecule has 0 radical (unpaired) electrons. The molecule has 0 amide bonds. The van der Waals surface area contributed by atoms with Gasteiger partial charge >= 0.3 is 0 Å². The van der Waals surface area contributed by atoms with E-state index in [1.165, 1.54) is 24.8 Å². The lowest BCUT2D eigenvalue weighted by molar-refractivity contribution is 0.117. The lowest BCUT2D eigenvalue weighted by Crippen LogP contribution is -2.49. The summed E-state index contributed by atoms with van der Waals surface area (Å²) in [4.78, 5) is 0. The van der Waals surface area contributed by atoms with Crippen molar-refractivity contribution in [2.75, 3.05) is 6.61 Å². The largest absolute Gasteiger partial charge is 0.377 e. The fourth-order valence-electron chi connectivity index (χ4n) is 4.91. The molecular weight excluding hydrogens is 445 g/mol. The van der Waals surface area contributed by atoms with Gasteiger partial charge in [-0.3, -0.25) is 0 Å². The first kappa shape index (κ1) is 24.4. The van der Waals surface area contributed by atoms with Crippen molar-refractivity contribution in [1.29, 1.82) is 0 Å². The zero-order valence-corrected chi connectivity index (χ0v) is 22.6. The van der Waals surface area contributed by atoms with E-state index in [9.17, 15) is 0 Å². The van der Waals surface area contributed by atoms with Crippen molar-refractivity contribution in [2.24, 2.45) is 0 Å². The Morgan fingerprint density at radius 3 is 1.71 bits per heavy atom. The number of hydrogen-bond acceptors (Lipinski definition) is 1. The number of unbranched alkanes of at least 4 members (excludes halogenated alkanes) is 2. The van der Waals surface area contributed by atoms with Crippen LogP contribution in [0.2, 0.25) is 5.16 Å². The summed E-state index contributed by atoms with van der Waals surface area (Å²) in [6, 6.07) is 44.5. The smallest absolute Gasteiger partial charge is 0.103 e. The second-order valence-electron chi connectivity index (χ2n) is 9.14. The highest BCUT2D eigenvalue weighted by Crippen LogP contribution is 2.19. The fourth-order valence-corrected chi connectivity index (χ4v) is 13.3. The number of benzene rings is 4. The van der Waals surface area contributed by atoms with Crippen LogP contribution in [-0.4, -0.2) is 24.9 Å². The van der Waals surface area contributed by atoms with Crippen LogP contribution in [0.3, 0.4) is 0 Å². The maximum Gasteiger partial charge on any atom is 0.103 e. The number of hydrogen-bond donors (Lipinski definition) is 0. The lowest BCUT2D eigenvalue weighted by Gasteiger charge is -2.27. The molecule has 1 atom stereocenters. The first-order valence-corrected chi connectivity index (χ1v) is 16.0. The predicted octanol–water partition coefficient (Wildman–Crippen LogP) is 4.63. The average molecular weight is 481 g/mol. The molecule has 0 saturated heterocycles. The summed E-state index contributed by atoms with van der Waals surface area (Å²) in [6.07, 6.45) is 5.03. The second kappa shape index (κ2) is 13.9. The molecule has 34 heavy (non-hydrogen) atoms. The molecule has 4 rings (SSSR count). The molecule has 174 valence electrons. The SMILES string of the molecule is c1ccc(COCCCCCC([SiH2]c2ccccc2)[SiH](c2ccccc2)c2ccccc2)cc1. The van der Waals surface area contributed by atoms with Crippen LogP contribution in [0.15, 0.2) is 121 Å². The Labute approximate surface area is 209 Å². The second-order valence-corrected chi connectivity index (χ2v) is 15.6. The molecule has 3 heteroatoms. The van der Waals surface area contributed by atoms with E-state index in [4.69, 9.17) is 4.74 Å². The first-order chi connectivity index (χ1) is 16.9. The van der Waals surface area contributed by atoms with Gasteiger partial charge in [0.25, 0.3) is 0 Å². The van der Waals surface area contributed by atoms with Crippen LogP contribution in [0, 0.1) is 0 Å². The molecule has 0 bridgehead atoms. The molecule has 4 aromatic rings. The van der Waals surface area contributed by atoms with Crippen LogP contribution in [0.25, 0.3) is 0 Å². The minimum atomic E-state index is -1.31. The topological polar surface area (TPSA) is 9.23 Å². The van der Waals surface area contributed by atoms with E-state index in [2.05, 4.69) is 121 Å². The highest BCUT2D eigenvalue weighted by Gasteiger charge is 2.27. The standard InChI is InChI=1S/C31H36OSi2/c1-6-16-27(17-7-1)26-32-25-15-5-14-24-31(33-28-18-8-2-9-19-28)34(29-20-10-3-11-21-29)30-22-12-4-13-23-30/h1-4,6-13,16-23,31,34H,5,14-15,24-26,33H2. The van der Waals surface area contributed by atoms with E-state index < -0.39 is 8.80 Å². The van der Waals surface area contributed by atoms with Gasteiger partial charge in [-0.25, -0.2) is 0 Å². The molecule has 4 aromatic carbocycles. The van der Waals surface area contributed by atoms with Crippen molar-refractivity contribution in [3.05, 3.63) is 127 Å². The maximum atomic E-state index is 5.93. The number of rotatable bonds is 13. The summed E-state index contributed by atoms with van der Waals surface area (Å²) in [7, 11) is -1.69. The van der Waals surface area contributed by atoms with Gasteiger partial charge in [-0.1, -0.05) is 156 Å². The third-order valence-electron chi connectivity index (χ3n) is 6.60. The molecule has 0 heterocycles. The van der Waals surface area contributed by atoms with Crippen LogP contribution >= 0.6 is 0 Å². The van der Waals surface area contributed by atoms with Gasteiger partial charge < -0.3 is 4.74 Å². The van der Waals surface area contributed by atoms with Gasteiger partial charge in [0.05, 0.1) is 16.1 Å². The van der Waals surface area contributed by atoms with Gasteiger partial charge in [0.1, 0.15) is 8.80 Å². The van der Waals surface area contributed by atoms with Crippen molar-refractivity contribution >= 4 is 33.9 Å². The normalized spacial score (nSPS) is 12.4. The molecule has 0 aliphatic heterocycles. The zero-order valence-electron chi connectivity index (χ0n) is 20.1. The zero-order chi connectivity index (χ0) is 23.3. The van der Waals surface area contributed by atoms with E-state index in [0.29, 0.717) is 0 Å². The van der Waals surface area contributed by atoms with E-state index in [-0.39, 0.29) is 9.52 Å². The highest BCUT2D eigenvalue weighted by atomic mass is 28.3. The Morgan fingerprint density at radius 2 is 1.12 bits per heavy atom. The molecule has 0 spiro atoms. The molecule has 1 nitrogen and oxygen atoms in total. The van der Waals surface area contributed by atoms with Crippen LogP contribution in [0.1, 0.15) is 31.2 Å². The van der Waals surface area contributed by atoms with E-state index in [0.717, 1.165) is 24.8 Å². The van der Waals surface area contributed by atoms with Gasteiger partial charge in [0.15, 0.2) is 0 Å². The molecule has 0 saturated carbocycles. The lowest BCUT2D eigenvalue weighted by atomic mass is 10.2. The van der Waals surface area contributed by atoms with Crippen LogP contribution < -0.4 is 15.6 Å². The van der Waals surface area contributed by atoms with Crippen molar-refractivity contribution < 1.29 is 4.74 Å². The van der Waals surface area contributed by atoms with Crippen molar-refractivity contribution in [2.45, 2.75) is 37.5 Å². The maximum absolute atomic E-state index is 5.93. The average Bonchev–Trinajstić information content (AvgIpc) is 2.90. The van der Waals surface area contributed by atoms with Crippen LogP contribution in [-0.2, 0) is 11.3 Å². The summed E-state index contributed by atoms with van der Waals surface area (Å²) >= 11 is 0. The summed E-state index contributed by atoms with van der Waals surface area (Å²) in [6.45, 7) is 1.58. The van der Waals surface area contributed by atoms with Gasteiger partial charge in [-0.2, -0.15) is 0 Å². The van der Waals surface area contributed by atoms with Crippen molar-refractivity contribution in [1.82, 2.24) is 0 Å². The Morgan fingerprint density at radius 1 is 0.588 bits per heavy atom. The van der Waals surface area contributed by atoms with Crippen molar-refractivity contribution in [3.8, 4) is 0 Å². The Kier molecular flexibility index (Phi) is 9.94. The minimum absolute atomic E-state index is 0.381. The van der Waals surface area contributed by atoms with E-state index in [1.54, 1.807) is 15.6 Å². The number of ether oxygens (including phenoxy) is 1. The third-order valence-corrected chi connectivity index (χ3v) is 14.1. The summed E-state index contributed by atoms with van der Waals surface area (Å²) in [5, 5.41) is 5.61. The van der Waals surface area contributed by atoms with Gasteiger partial charge in [-0.15, -0.1) is 0 Å². The van der Waals surface area contributed by atoms with Crippen molar-refractivity contribution in [3.63, 3.8) is 0 Å². The monoisotopic (exact) mass is 480 g/mol. The minimum Gasteiger partial charge on any atom is -0.377 e. The molecular formula is C31H36OSi2. The highest BCUT2D eigenvalue weighted by molar-refractivity contribution is 6.93. The molecule has 0 N–H and O–H groups in total. The van der Waals surface area contributed by atoms with Gasteiger partial charge in [0, 0.05) is 6.61 Å². The quantitative estimate of drug-likeness (QED) is 0.200. The Bertz CT molecular complexity index is 1020. The third kappa shape index (κ3) is 7.66.